The van der Waals surface area contributed by atoms with E-state index >= 15 is 0 Å². The lowest BCUT2D eigenvalue weighted by atomic mass is 10.1. The summed E-state index contributed by atoms with van der Waals surface area (Å²) >= 11 is 0. The molecule has 21 heteroatoms. The number of ether oxygens (including phenoxy) is 1. The van der Waals surface area contributed by atoms with Gasteiger partial charge in [-0.25, -0.2) is 18.1 Å². The molecule has 0 bridgehead atoms. The molecule has 1 aliphatic rings. The number of nitrogens with zero attached hydrogens (tertiary/aromatic N) is 3. The van der Waals surface area contributed by atoms with Gasteiger partial charge < -0.3 is 35.2 Å². The molecule has 0 spiro atoms. The second-order valence-corrected chi connectivity index (χ2v) is 10.7. The van der Waals surface area contributed by atoms with Crippen molar-refractivity contribution in [1.82, 2.24) is 14.4 Å². The molecule has 1 aliphatic heterocycles. The van der Waals surface area contributed by atoms with Crippen molar-refractivity contribution >= 4 is 35.1 Å². The van der Waals surface area contributed by atoms with E-state index in [0.29, 0.717) is 0 Å². The predicted molar refractivity (Wildman–Crippen MR) is 95.7 cm³/mol. The van der Waals surface area contributed by atoms with Gasteiger partial charge in [-0.1, -0.05) is 0 Å². The fourth-order valence-corrected chi connectivity index (χ4v) is 5.79. The molecule has 7 N–H and O–H groups in total. The summed E-state index contributed by atoms with van der Waals surface area (Å²) in [6.45, 7) is -1.06. The Hall–Kier alpha value is -1.39. The molecule has 1 saturated heterocycles. The third-order valence-corrected chi connectivity index (χ3v) is 7.75. The number of anilines is 1. The second kappa shape index (κ2) is 8.76. The van der Waals surface area contributed by atoms with Gasteiger partial charge in [0.25, 0.3) is 0 Å². The van der Waals surface area contributed by atoms with Crippen LogP contribution >= 0.6 is 23.5 Å². The zero-order chi connectivity index (χ0) is 24.1. The first-order valence-corrected chi connectivity index (χ1v) is 12.7. The minimum atomic E-state index is -5.75. The van der Waals surface area contributed by atoms with Crippen LogP contribution in [-0.4, -0.2) is 64.0 Å². The van der Waals surface area contributed by atoms with Gasteiger partial charge in [0.05, 0.1) is 6.61 Å². The molecule has 16 nitrogen and oxygen atoms in total. The van der Waals surface area contributed by atoms with Crippen LogP contribution in [0.4, 0.5) is 14.7 Å². The summed E-state index contributed by atoms with van der Waals surface area (Å²) in [6, 6.07) is 1.19. The number of nitrogens with two attached hydrogens (primary N) is 1. The SMILES string of the molecule is Nc1nc(F)nc2cc([C@@H]3O[C@H](COP(=O)(O)OP(=O)(O)OP(=O)(O)O)[C@@H](O)[C@H]3F)cn12. The number of fused-ring (bicyclic) bond motifs is 1. The van der Waals surface area contributed by atoms with Gasteiger partial charge in [0.15, 0.2) is 6.17 Å². The normalized spacial score (nSPS) is 28.0. The van der Waals surface area contributed by atoms with Crippen LogP contribution in [0.3, 0.4) is 0 Å². The second-order valence-electron chi connectivity index (χ2n) is 6.27. The van der Waals surface area contributed by atoms with Crippen molar-refractivity contribution in [2.75, 3.05) is 12.3 Å². The Morgan fingerprint density at radius 3 is 2.44 bits per heavy atom. The average Bonchev–Trinajstić information content (AvgIpc) is 3.12. The lowest BCUT2D eigenvalue weighted by Crippen LogP contribution is -2.31. The molecule has 0 radical (unpaired) electrons. The third-order valence-electron chi connectivity index (χ3n) is 3.95. The number of hydrogen-bond acceptors (Lipinski definition) is 11. The number of aliphatic hydroxyl groups excluding tert-OH is 1. The molecule has 0 aliphatic carbocycles. The Morgan fingerprint density at radius 1 is 1.16 bits per heavy atom. The van der Waals surface area contributed by atoms with E-state index in [2.05, 4.69) is 23.1 Å². The van der Waals surface area contributed by atoms with E-state index in [1.807, 2.05) is 0 Å². The maximum Gasteiger partial charge on any atom is 0.490 e. The van der Waals surface area contributed by atoms with Crippen molar-refractivity contribution in [3.8, 4) is 0 Å². The van der Waals surface area contributed by atoms with Gasteiger partial charge in [-0.2, -0.15) is 23.0 Å². The Labute approximate surface area is 176 Å². The van der Waals surface area contributed by atoms with E-state index in [4.69, 9.17) is 25.2 Å². The van der Waals surface area contributed by atoms with Crippen LogP contribution in [-0.2, 0) is 31.6 Å². The van der Waals surface area contributed by atoms with Crippen molar-refractivity contribution < 1.29 is 65.0 Å². The molecule has 2 aromatic rings. The Bertz CT molecular complexity index is 1160. The van der Waals surface area contributed by atoms with Gasteiger partial charge >= 0.3 is 29.5 Å². The standard InChI is InChI=1S/C11H15F2N4O12P3/c12-7-8(18)5(3-26-31(22,23)29-32(24,25)28-30(19,20)21)27-9(7)4-1-6-15-10(13)16-11(14)17(6)2-4/h1-2,5,7-9,18H,3H2,(H,22,23)(H,24,25)(H2,14,15,16)(H2,19,20,21)/t5-,7-,8-,9+/m1/s1. The van der Waals surface area contributed by atoms with Crippen molar-refractivity contribution in [3.05, 3.63) is 23.9 Å². The summed E-state index contributed by atoms with van der Waals surface area (Å²) in [5.41, 5.74) is 5.53. The van der Waals surface area contributed by atoms with Crippen LogP contribution in [0.2, 0.25) is 0 Å². The number of rotatable bonds is 8. The van der Waals surface area contributed by atoms with Gasteiger partial charge in [0, 0.05) is 11.8 Å². The maximum absolute atomic E-state index is 14.6. The number of hydrogen-bond donors (Lipinski definition) is 6. The molecule has 32 heavy (non-hydrogen) atoms. The molecule has 2 aromatic heterocycles. The number of nitrogen functional groups attached to an aromatic ring is 1. The van der Waals surface area contributed by atoms with Crippen molar-refractivity contribution in [3.63, 3.8) is 0 Å². The van der Waals surface area contributed by atoms with Crippen LogP contribution in [0, 0.1) is 6.08 Å². The quantitative estimate of drug-likeness (QED) is 0.247. The summed E-state index contributed by atoms with van der Waals surface area (Å²) in [5, 5.41) is 10.0. The molecule has 3 heterocycles. The lowest BCUT2D eigenvalue weighted by molar-refractivity contribution is -0.0220. The van der Waals surface area contributed by atoms with Crippen LogP contribution in [0.25, 0.3) is 5.65 Å². The van der Waals surface area contributed by atoms with E-state index < -0.39 is 60.6 Å². The highest BCUT2D eigenvalue weighted by molar-refractivity contribution is 7.66. The molecule has 0 aromatic carbocycles. The Balaban J connectivity index is 1.69. The van der Waals surface area contributed by atoms with Crippen LogP contribution in [0.1, 0.15) is 11.7 Å². The molecule has 3 rings (SSSR count). The zero-order valence-corrected chi connectivity index (χ0v) is 18.0. The zero-order valence-electron chi connectivity index (χ0n) is 15.3. The van der Waals surface area contributed by atoms with E-state index in [1.165, 1.54) is 12.3 Å². The number of phosphoric ester groups is 1. The summed E-state index contributed by atoms with van der Waals surface area (Å²) < 4.78 is 79.2. The van der Waals surface area contributed by atoms with E-state index in [0.717, 1.165) is 4.40 Å². The van der Waals surface area contributed by atoms with E-state index in [9.17, 15) is 32.5 Å². The van der Waals surface area contributed by atoms with Crippen LogP contribution in [0.15, 0.2) is 12.3 Å². The number of phosphoric acid groups is 3. The smallest absolute Gasteiger partial charge is 0.387 e. The largest absolute Gasteiger partial charge is 0.490 e. The molecular formula is C11H15F2N4O12P3. The summed E-state index contributed by atoms with van der Waals surface area (Å²) in [7, 11) is -16.8. The molecular weight excluding hydrogens is 511 g/mol. The minimum Gasteiger partial charge on any atom is -0.387 e. The molecule has 1 fully saturated rings. The highest BCUT2D eigenvalue weighted by atomic mass is 31.3. The molecule has 2 unspecified atom stereocenters. The number of aliphatic hydroxyl groups is 1. The maximum atomic E-state index is 14.6. The first-order chi connectivity index (χ1) is 14.6. The fraction of sp³-hybridized carbons (Fsp3) is 0.455. The van der Waals surface area contributed by atoms with E-state index in [1.54, 1.807) is 0 Å². The van der Waals surface area contributed by atoms with Gasteiger partial charge in [-0.15, -0.1) is 0 Å². The topological polar surface area (TPSA) is 245 Å². The first kappa shape index (κ1) is 25.2. The first-order valence-electron chi connectivity index (χ1n) is 8.14. The minimum absolute atomic E-state index is 0.0454. The highest BCUT2D eigenvalue weighted by Gasteiger charge is 2.47. The number of halogens is 2. The molecule has 0 saturated carbocycles. The Kier molecular flexibility index (Phi) is 6.91. The average molecular weight is 526 g/mol. The van der Waals surface area contributed by atoms with Crippen molar-refractivity contribution in [1.29, 1.82) is 0 Å². The van der Waals surface area contributed by atoms with Crippen molar-refractivity contribution in [2.45, 2.75) is 24.5 Å². The highest BCUT2D eigenvalue weighted by Crippen LogP contribution is 2.66. The number of aromatic nitrogens is 3. The van der Waals surface area contributed by atoms with Gasteiger partial charge in [0.2, 0.25) is 5.95 Å². The molecule has 6 atom stereocenters. The number of alkyl halides is 1. The lowest BCUT2D eigenvalue weighted by Gasteiger charge is -2.19. The van der Waals surface area contributed by atoms with Gasteiger partial charge in [-0.3, -0.25) is 8.92 Å². The predicted octanol–water partition coefficient (Wildman–Crippen LogP) is -0.0672. The fourth-order valence-electron chi connectivity index (χ4n) is 2.76. The summed E-state index contributed by atoms with van der Waals surface area (Å²) in [5.74, 6) is -0.308. The van der Waals surface area contributed by atoms with Crippen molar-refractivity contribution in [2.24, 2.45) is 0 Å². The monoisotopic (exact) mass is 526 g/mol. The van der Waals surface area contributed by atoms with E-state index in [-0.39, 0.29) is 17.2 Å². The van der Waals surface area contributed by atoms with Gasteiger partial charge in [0.1, 0.15) is 24.0 Å². The molecule has 0 amide bonds. The summed E-state index contributed by atoms with van der Waals surface area (Å²) in [4.78, 5) is 42.2. The van der Waals surface area contributed by atoms with Crippen LogP contribution in [0.5, 0.6) is 0 Å². The molecule has 180 valence electrons. The summed E-state index contributed by atoms with van der Waals surface area (Å²) in [6.07, 6.45) is -7.06. The third kappa shape index (κ3) is 5.94. The van der Waals surface area contributed by atoms with Crippen LogP contribution < -0.4 is 5.73 Å². The van der Waals surface area contributed by atoms with Gasteiger partial charge in [-0.05, 0) is 6.07 Å². The Morgan fingerprint density at radius 2 is 1.81 bits per heavy atom.